The molecule has 2 aromatic carbocycles. The lowest BCUT2D eigenvalue weighted by Crippen LogP contribution is -2.41. The largest absolute Gasteiger partial charge is 0.395 e. The number of carbonyl (C=O) groups excluding carboxylic acids is 2. The van der Waals surface area contributed by atoms with Crippen LogP contribution in [0.15, 0.2) is 36.4 Å². The lowest BCUT2D eigenvalue weighted by molar-refractivity contribution is 0.0609. The third-order valence-corrected chi connectivity index (χ3v) is 5.25. The smallest absolute Gasteiger partial charge is 0.261 e. The lowest BCUT2D eigenvalue weighted by atomic mass is 9.94. The molecule has 0 unspecified atom stereocenters. The quantitative estimate of drug-likeness (QED) is 0.366. The number of nitrogens with zero attached hydrogens (tertiary/aromatic N) is 2. The Morgan fingerprint density at radius 2 is 1.41 bits per heavy atom. The first-order valence-electron chi connectivity index (χ1n) is 10.2. The Labute approximate surface area is 170 Å². The molecule has 0 bridgehead atoms. The van der Waals surface area contributed by atoms with Gasteiger partial charge in [0.25, 0.3) is 11.8 Å². The zero-order chi connectivity index (χ0) is 20.6. The second kappa shape index (κ2) is 10.5. The lowest BCUT2D eigenvalue weighted by Gasteiger charge is -2.27. The van der Waals surface area contributed by atoms with Crippen molar-refractivity contribution in [2.45, 2.75) is 12.8 Å². The summed E-state index contributed by atoms with van der Waals surface area (Å²) in [5.74, 6) is -0.439. The maximum Gasteiger partial charge on any atom is 0.261 e. The van der Waals surface area contributed by atoms with Gasteiger partial charge >= 0.3 is 0 Å². The summed E-state index contributed by atoms with van der Waals surface area (Å²) in [7, 11) is 0. The van der Waals surface area contributed by atoms with Gasteiger partial charge in [-0.25, -0.2) is 0 Å². The molecule has 156 valence electrons. The monoisotopic (exact) mass is 399 g/mol. The molecule has 7 heteroatoms. The van der Waals surface area contributed by atoms with Gasteiger partial charge in [-0.1, -0.05) is 24.3 Å². The number of hydrogen-bond donors (Lipinski definition) is 3. The van der Waals surface area contributed by atoms with Gasteiger partial charge in [0.1, 0.15) is 0 Å². The van der Waals surface area contributed by atoms with E-state index in [9.17, 15) is 9.59 Å². The first-order chi connectivity index (χ1) is 14.2. The minimum atomic E-state index is -0.219. The van der Waals surface area contributed by atoms with E-state index in [1.807, 2.05) is 29.2 Å². The van der Waals surface area contributed by atoms with E-state index in [1.165, 1.54) is 4.90 Å². The molecule has 1 aliphatic rings. The van der Waals surface area contributed by atoms with E-state index in [2.05, 4.69) is 5.32 Å². The fraction of sp³-hybridized carbons (Fsp3) is 0.455. The summed E-state index contributed by atoms with van der Waals surface area (Å²) in [4.78, 5) is 29.0. The SMILES string of the molecule is O=C1c2cccc3cccc(c23)C(=O)N1CCCNCCCN(CCO)CCO. The minimum Gasteiger partial charge on any atom is -0.395 e. The summed E-state index contributed by atoms with van der Waals surface area (Å²) >= 11 is 0. The molecular formula is C22H29N3O4. The summed E-state index contributed by atoms with van der Waals surface area (Å²) in [5.41, 5.74) is 1.19. The van der Waals surface area contributed by atoms with Gasteiger partial charge in [0, 0.05) is 36.1 Å². The number of amides is 2. The molecule has 1 heterocycles. The fourth-order valence-electron chi connectivity index (χ4n) is 3.82. The summed E-state index contributed by atoms with van der Waals surface area (Å²) in [6, 6.07) is 11.1. The zero-order valence-corrected chi connectivity index (χ0v) is 16.6. The van der Waals surface area contributed by atoms with Gasteiger partial charge in [-0.15, -0.1) is 0 Å². The second-order valence-corrected chi connectivity index (χ2v) is 7.22. The Morgan fingerprint density at radius 1 is 0.828 bits per heavy atom. The molecule has 1 aliphatic heterocycles. The Bertz CT molecular complexity index is 798. The van der Waals surface area contributed by atoms with Crippen LogP contribution in [0.3, 0.4) is 0 Å². The van der Waals surface area contributed by atoms with Gasteiger partial charge in [0.05, 0.1) is 13.2 Å². The third-order valence-electron chi connectivity index (χ3n) is 5.25. The molecule has 0 spiro atoms. The van der Waals surface area contributed by atoms with Gasteiger partial charge < -0.3 is 15.5 Å². The Kier molecular flexibility index (Phi) is 7.71. The molecule has 0 aliphatic carbocycles. The number of carbonyl (C=O) groups is 2. The summed E-state index contributed by atoms with van der Waals surface area (Å²) in [6.07, 6.45) is 1.59. The van der Waals surface area contributed by atoms with Crippen LogP contribution >= 0.6 is 0 Å². The highest BCUT2D eigenvalue weighted by molar-refractivity contribution is 6.25. The van der Waals surface area contributed by atoms with Gasteiger partial charge in [-0.2, -0.15) is 0 Å². The predicted molar refractivity (Wildman–Crippen MR) is 112 cm³/mol. The molecule has 0 saturated carbocycles. The topological polar surface area (TPSA) is 93.1 Å². The van der Waals surface area contributed by atoms with Crippen molar-refractivity contribution in [1.29, 1.82) is 0 Å². The van der Waals surface area contributed by atoms with Crippen molar-refractivity contribution >= 4 is 22.6 Å². The van der Waals surface area contributed by atoms with E-state index in [-0.39, 0.29) is 25.0 Å². The summed E-state index contributed by atoms with van der Waals surface area (Å²) in [5, 5.41) is 23.0. The Balaban J connectivity index is 1.46. The first-order valence-corrected chi connectivity index (χ1v) is 10.2. The molecule has 7 nitrogen and oxygen atoms in total. The van der Waals surface area contributed by atoms with Gasteiger partial charge in [-0.3, -0.25) is 19.4 Å². The molecule has 0 saturated heterocycles. The molecule has 0 atom stereocenters. The number of hydrogen-bond acceptors (Lipinski definition) is 6. The normalized spacial score (nSPS) is 13.7. The fourth-order valence-corrected chi connectivity index (χ4v) is 3.82. The number of aliphatic hydroxyl groups is 2. The van der Waals surface area contributed by atoms with Crippen LogP contribution in [0.2, 0.25) is 0 Å². The van der Waals surface area contributed by atoms with E-state index in [0.29, 0.717) is 43.7 Å². The number of rotatable bonds is 12. The minimum absolute atomic E-state index is 0.0855. The van der Waals surface area contributed by atoms with Crippen LogP contribution < -0.4 is 5.32 Å². The van der Waals surface area contributed by atoms with Crippen LogP contribution in [0.25, 0.3) is 10.8 Å². The van der Waals surface area contributed by atoms with Crippen LogP contribution in [0.4, 0.5) is 0 Å². The van der Waals surface area contributed by atoms with Crippen molar-refractivity contribution in [1.82, 2.24) is 15.1 Å². The zero-order valence-electron chi connectivity index (χ0n) is 16.6. The number of imide groups is 1. The van der Waals surface area contributed by atoms with E-state index in [1.54, 1.807) is 12.1 Å². The molecular weight excluding hydrogens is 370 g/mol. The number of aliphatic hydroxyl groups excluding tert-OH is 2. The van der Waals surface area contributed by atoms with E-state index >= 15 is 0 Å². The standard InChI is InChI=1S/C22H29N3O4/c26-15-13-24(14-16-27)11-3-9-23-10-4-12-25-21(28)18-7-1-5-17-6-2-8-19(20(17)18)22(25)29/h1-2,5-8,23,26-27H,3-4,9-16H2. The number of benzene rings is 2. The van der Waals surface area contributed by atoms with E-state index in [4.69, 9.17) is 10.2 Å². The molecule has 3 rings (SSSR count). The van der Waals surface area contributed by atoms with E-state index in [0.717, 1.165) is 30.3 Å². The van der Waals surface area contributed by atoms with Crippen molar-refractivity contribution in [2.24, 2.45) is 0 Å². The number of nitrogens with one attached hydrogen (secondary N) is 1. The van der Waals surface area contributed by atoms with Crippen molar-refractivity contribution in [3.8, 4) is 0 Å². The average molecular weight is 399 g/mol. The average Bonchev–Trinajstić information content (AvgIpc) is 2.73. The maximum absolute atomic E-state index is 12.8. The molecule has 2 aromatic rings. The Hall–Kier alpha value is -2.32. The first kappa shape index (κ1) is 21.4. The van der Waals surface area contributed by atoms with Gasteiger partial charge in [-0.05, 0) is 50.0 Å². The van der Waals surface area contributed by atoms with Crippen molar-refractivity contribution in [2.75, 3.05) is 52.5 Å². The van der Waals surface area contributed by atoms with Crippen molar-refractivity contribution in [3.05, 3.63) is 47.5 Å². The van der Waals surface area contributed by atoms with Gasteiger partial charge in [0.2, 0.25) is 0 Å². The molecule has 0 radical (unpaired) electrons. The molecule has 0 fully saturated rings. The molecule has 0 aromatic heterocycles. The molecule has 2 amide bonds. The van der Waals surface area contributed by atoms with E-state index < -0.39 is 0 Å². The summed E-state index contributed by atoms with van der Waals surface area (Å²) < 4.78 is 0. The highest BCUT2D eigenvalue weighted by atomic mass is 16.3. The van der Waals surface area contributed by atoms with Crippen LogP contribution in [-0.2, 0) is 0 Å². The van der Waals surface area contributed by atoms with Crippen LogP contribution in [0, 0.1) is 0 Å². The van der Waals surface area contributed by atoms with Gasteiger partial charge in [0.15, 0.2) is 0 Å². The highest BCUT2D eigenvalue weighted by Gasteiger charge is 2.31. The van der Waals surface area contributed by atoms with Crippen molar-refractivity contribution in [3.63, 3.8) is 0 Å². The third kappa shape index (κ3) is 5.00. The van der Waals surface area contributed by atoms with Crippen molar-refractivity contribution < 1.29 is 19.8 Å². The predicted octanol–water partition coefficient (Wildman–Crippen LogP) is 1.09. The van der Waals surface area contributed by atoms with Crippen LogP contribution in [0.1, 0.15) is 33.6 Å². The maximum atomic E-state index is 12.8. The highest BCUT2D eigenvalue weighted by Crippen LogP contribution is 2.29. The molecule has 29 heavy (non-hydrogen) atoms. The Morgan fingerprint density at radius 3 is 2.00 bits per heavy atom. The summed E-state index contributed by atoms with van der Waals surface area (Å²) in [6.45, 7) is 4.00. The van der Waals surface area contributed by atoms with Crippen LogP contribution in [-0.4, -0.2) is 84.3 Å². The van der Waals surface area contributed by atoms with Crippen LogP contribution in [0.5, 0.6) is 0 Å². The molecule has 3 N–H and O–H groups in total. The second-order valence-electron chi connectivity index (χ2n) is 7.22.